The van der Waals surface area contributed by atoms with Crippen molar-refractivity contribution in [3.8, 4) is 11.1 Å². The van der Waals surface area contributed by atoms with E-state index in [0.29, 0.717) is 6.54 Å². The molecule has 0 bridgehead atoms. The number of hydrogen-bond acceptors (Lipinski definition) is 2. The minimum absolute atomic E-state index is 0.0412. The van der Waals surface area contributed by atoms with Crippen molar-refractivity contribution < 1.29 is 4.79 Å². The van der Waals surface area contributed by atoms with E-state index in [1.54, 1.807) is 0 Å². The average molecular weight is 280 g/mol. The van der Waals surface area contributed by atoms with Crippen LogP contribution in [0.4, 0.5) is 5.69 Å². The van der Waals surface area contributed by atoms with Crippen molar-refractivity contribution in [1.29, 1.82) is 0 Å². The standard InChI is InChI=1S/C18H20N2O/c1-12(11-19-2)18(21)20-15-7-8-17-14(10-15)9-13-5-3-4-6-16(13)17/h3-8,10,12,19H,9,11H2,1-2H3,(H,20,21). The third-order valence-corrected chi connectivity index (χ3v) is 4.02. The van der Waals surface area contributed by atoms with E-state index in [1.165, 1.54) is 22.3 Å². The number of benzene rings is 2. The number of amides is 1. The SMILES string of the molecule is CNCC(C)C(=O)Nc1ccc2c(c1)Cc1ccccc1-2. The van der Waals surface area contributed by atoms with Gasteiger partial charge in [-0.05, 0) is 47.9 Å². The van der Waals surface area contributed by atoms with Gasteiger partial charge < -0.3 is 10.6 Å². The topological polar surface area (TPSA) is 41.1 Å². The largest absolute Gasteiger partial charge is 0.326 e. The van der Waals surface area contributed by atoms with Gasteiger partial charge in [0, 0.05) is 18.2 Å². The summed E-state index contributed by atoms with van der Waals surface area (Å²) in [4.78, 5) is 12.1. The van der Waals surface area contributed by atoms with Crippen molar-refractivity contribution in [2.75, 3.05) is 18.9 Å². The molecule has 108 valence electrons. The van der Waals surface area contributed by atoms with Gasteiger partial charge in [0.1, 0.15) is 0 Å². The highest BCUT2D eigenvalue weighted by Crippen LogP contribution is 2.37. The molecule has 0 heterocycles. The number of hydrogen-bond donors (Lipinski definition) is 2. The Labute approximate surface area is 125 Å². The molecule has 0 radical (unpaired) electrons. The van der Waals surface area contributed by atoms with Crippen molar-refractivity contribution in [3.05, 3.63) is 53.6 Å². The average Bonchev–Trinajstić information content (AvgIpc) is 2.85. The van der Waals surface area contributed by atoms with Gasteiger partial charge in [0.2, 0.25) is 5.91 Å². The molecular formula is C18H20N2O. The van der Waals surface area contributed by atoms with Crippen molar-refractivity contribution in [2.45, 2.75) is 13.3 Å². The summed E-state index contributed by atoms with van der Waals surface area (Å²) in [6.07, 6.45) is 0.946. The summed E-state index contributed by atoms with van der Waals surface area (Å²) in [5.74, 6) is 0.0141. The summed E-state index contributed by atoms with van der Waals surface area (Å²) in [6.45, 7) is 2.61. The Balaban J connectivity index is 1.80. The molecule has 2 N–H and O–H groups in total. The first-order valence-electron chi connectivity index (χ1n) is 7.35. The predicted octanol–water partition coefficient (Wildman–Crippen LogP) is 3.05. The third-order valence-electron chi connectivity index (χ3n) is 4.02. The van der Waals surface area contributed by atoms with Crippen LogP contribution in [0.5, 0.6) is 0 Å². The highest BCUT2D eigenvalue weighted by Gasteiger charge is 2.19. The first kappa shape index (κ1) is 13.8. The van der Waals surface area contributed by atoms with Gasteiger partial charge in [0.25, 0.3) is 0 Å². The minimum atomic E-state index is -0.0412. The van der Waals surface area contributed by atoms with Gasteiger partial charge >= 0.3 is 0 Å². The molecule has 0 fully saturated rings. The molecule has 1 unspecified atom stereocenters. The summed E-state index contributed by atoms with van der Waals surface area (Å²) >= 11 is 0. The molecule has 1 aliphatic carbocycles. The van der Waals surface area contributed by atoms with Crippen molar-refractivity contribution in [1.82, 2.24) is 5.32 Å². The highest BCUT2D eigenvalue weighted by atomic mass is 16.1. The molecule has 1 amide bonds. The van der Waals surface area contributed by atoms with E-state index in [-0.39, 0.29) is 11.8 Å². The molecule has 0 saturated heterocycles. The molecule has 3 rings (SSSR count). The Morgan fingerprint density at radius 3 is 2.71 bits per heavy atom. The normalized spacial score (nSPS) is 13.4. The van der Waals surface area contributed by atoms with Crippen LogP contribution in [0.25, 0.3) is 11.1 Å². The van der Waals surface area contributed by atoms with E-state index in [4.69, 9.17) is 0 Å². The van der Waals surface area contributed by atoms with Crippen LogP contribution >= 0.6 is 0 Å². The maximum atomic E-state index is 12.1. The summed E-state index contributed by atoms with van der Waals surface area (Å²) in [5.41, 5.74) is 6.13. The molecule has 21 heavy (non-hydrogen) atoms. The molecule has 2 aromatic rings. The Morgan fingerprint density at radius 2 is 1.90 bits per heavy atom. The van der Waals surface area contributed by atoms with E-state index in [9.17, 15) is 4.79 Å². The number of nitrogens with one attached hydrogen (secondary N) is 2. The van der Waals surface area contributed by atoms with Crippen molar-refractivity contribution in [2.24, 2.45) is 5.92 Å². The molecule has 0 spiro atoms. The number of anilines is 1. The third kappa shape index (κ3) is 2.69. The van der Waals surface area contributed by atoms with E-state index in [0.717, 1.165) is 12.1 Å². The number of rotatable bonds is 4. The first-order chi connectivity index (χ1) is 10.2. The predicted molar refractivity (Wildman–Crippen MR) is 86.4 cm³/mol. The van der Waals surface area contributed by atoms with Gasteiger partial charge in [0.05, 0.1) is 0 Å². The molecule has 0 saturated carbocycles. The van der Waals surface area contributed by atoms with Crippen molar-refractivity contribution in [3.63, 3.8) is 0 Å². The van der Waals surface area contributed by atoms with Gasteiger partial charge in [-0.25, -0.2) is 0 Å². The van der Waals surface area contributed by atoms with Gasteiger partial charge in [-0.3, -0.25) is 4.79 Å². The molecule has 0 aromatic heterocycles. The van der Waals surface area contributed by atoms with Crippen LogP contribution in [0.15, 0.2) is 42.5 Å². The molecule has 1 atom stereocenters. The van der Waals surface area contributed by atoms with Crippen LogP contribution < -0.4 is 10.6 Å². The fourth-order valence-corrected chi connectivity index (χ4v) is 2.89. The van der Waals surface area contributed by atoms with E-state index in [1.807, 2.05) is 20.0 Å². The lowest BCUT2D eigenvalue weighted by Crippen LogP contribution is -2.28. The van der Waals surface area contributed by atoms with Crippen molar-refractivity contribution >= 4 is 11.6 Å². The lowest BCUT2D eigenvalue weighted by atomic mass is 10.1. The smallest absolute Gasteiger partial charge is 0.228 e. The Hall–Kier alpha value is -2.13. The zero-order chi connectivity index (χ0) is 14.8. The first-order valence-corrected chi connectivity index (χ1v) is 7.35. The maximum Gasteiger partial charge on any atom is 0.228 e. The lowest BCUT2D eigenvalue weighted by Gasteiger charge is -2.12. The van der Waals surface area contributed by atoms with Crippen LogP contribution in [0.1, 0.15) is 18.1 Å². The van der Waals surface area contributed by atoms with Crippen LogP contribution in [-0.2, 0) is 11.2 Å². The Morgan fingerprint density at radius 1 is 1.14 bits per heavy atom. The monoisotopic (exact) mass is 280 g/mol. The Kier molecular flexibility index (Phi) is 3.76. The molecule has 3 nitrogen and oxygen atoms in total. The Bertz CT molecular complexity index is 679. The van der Waals surface area contributed by atoms with Gasteiger partial charge in [-0.15, -0.1) is 0 Å². The van der Waals surface area contributed by atoms with Crippen LogP contribution in [0.3, 0.4) is 0 Å². The van der Waals surface area contributed by atoms with Gasteiger partial charge in [-0.2, -0.15) is 0 Å². The fraction of sp³-hybridized carbons (Fsp3) is 0.278. The summed E-state index contributed by atoms with van der Waals surface area (Å²) in [7, 11) is 1.86. The summed E-state index contributed by atoms with van der Waals surface area (Å²) in [5, 5.41) is 6.03. The maximum absolute atomic E-state index is 12.1. The second-order valence-electron chi connectivity index (χ2n) is 5.65. The number of carbonyl (C=O) groups is 1. The van der Waals surface area contributed by atoms with E-state index < -0.39 is 0 Å². The van der Waals surface area contributed by atoms with Gasteiger partial charge in [0.15, 0.2) is 0 Å². The lowest BCUT2D eigenvalue weighted by molar-refractivity contribution is -0.119. The zero-order valence-corrected chi connectivity index (χ0v) is 12.4. The number of fused-ring (bicyclic) bond motifs is 3. The summed E-state index contributed by atoms with van der Waals surface area (Å²) in [6, 6.07) is 14.7. The molecule has 2 aromatic carbocycles. The van der Waals surface area contributed by atoms with Crippen LogP contribution in [-0.4, -0.2) is 19.5 Å². The van der Waals surface area contributed by atoms with Crippen LogP contribution in [0.2, 0.25) is 0 Å². The minimum Gasteiger partial charge on any atom is -0.326 e. The van der Waals surface area contributed by atoms with E-state index >= 15 is 0 Å². The number of carbonyl (C=O) groups excluding carboxylic acids is 1. The second kappa shape index (κ2) is 5.70. The van der Waals surface area contributed by atoms with E-state index in [2.05, 4.69) is 47.0 Å². The fourth-order valence-electron chi connectivity index (χ4n) is 2.89. The van der Waals surface area contributed by atoms with Gasteiger partial charge in [-0.1, -0.05) is 37.3 Å². The molecule has 0 aliphatic heterocycles. The second-order valence-corrected chi connectivity index (χ2v) is 5.65. The molecule has 1 aliphatic rings. The molecule has 3 heteroatoms. The zero-order valence-electron chi connectivity index (χ0n) is 12.4. The highest BCUT2D eigenvalue weighted by molar-refractivity contribution is 5.93. The quantitative estimate of drug-likeness (QED) is 0.771. The molecular weight excluding hydrogens is 260 g/mol. The van der Waals surface area contributed by atoms with Crippen LogP contribution in [0, 0.1) is 5.92 Å². The summed E-state index contributed by atoms with van der Waals surface area (Å²) < 4.78 is 0.